The second-order valence-electron chi connectivity index (χ2n) is 7.89. The van der Waals surface area contributed by atoms with Crippen LogP contribution in [0.3, 0.4) is 0 Å². The van der Waals surface area contributed by atoms with Crippen molar-refractivity contribution in [3.05, 3.63) is 65.5 Å². The third kappa shape index (κ3) is 5.57. The van der Waals surface area contributed by atoms with Gasteiger partial charge in [-0.1, -0.05) is 30.3 Å². The molecule has 6 nitrogen and oxygen atoms in total. The molecule has 1 aliphatic rings. The SMILES string of the molecule is CC(NC(=O)Cc1ccc(F)cc1)C(=O)N1Cc2ccccc2OCC1CN(C)C. The van der Waals surface area contributed by atoms with Crippen molar-refractivity contribution in [3.8, 4) is 5.75 Å². The fraction of sp³-hybridized carbons (Fsp3) is 0.391. The number of fused-ring (bicyclic) bond motifs is 1. The van der Waals surface area contributed by atoms with E-state index in [1.807, 2.05) is 43.3 Å². The normalized spacial score (nSPS) is 17.0. The largest absolute Gasteiger partial charge is 0.491 e. The third-order valence-corrected chi connectivity index (χ3v) is 5.07. The molecule has 0 aliphatic carbocycles. The number of benzene rings is 2. The Morgan fingerprint density at radius 3 is 2.60 bits per heavy atom. The molecule has 0 bridgehead atoms. The van der Waals surface area contributed by atoms with Crippen LogP contribution in [0.15, 0.2) is 48.5 Å². The highest BCUT2D eigenvalue weighted by Crippen LogP contribution is 2.25. The minimum Gasteiger partial charge on any atom is -0.491 e. The maximum Gasteiger partial charge on any atom is 0.245 e. The number of carbonyl (C=O) groups is 2. The molecule has 2 unspecified atom stereocenters. The highest BCUT2D eigenvalue weighted by molar-refractivity contribution is 5.88. The third-order valence-electron chi connectivity index (χ3n) is 5.07. The average Bonchev–Trinajstić information content (AvgIpc) is 2.88. The molecule has 7 heteroatoms. The Balaban J connectivity index is 1.70. The van der Waals surface area contributed by atoms with Crippen molar-refractivity contribution in [2.45, 2.75) is 32.0 Å². The summed E-state index contributed by atoms with van der Waals surface area (Å²) in [7, 11) is 3.91. The van der Waals surface area contributed by atoms with Gasteiger partial charge in [0.1, 0.15) is 24.2 Å². The quantitative estimate of drug-likeness (QED) is 0.789. The number of amides is 2. The van der Waals surface area contributed by atoms with Gasteiger partial charge in [0.2, 0.25) is 11.8 Å². The highest BCUT2D eigenvalue weighted by atomic mass is 19.1. The molecule has 2 amide bonds. The minimum atomic E-state index is -0.687. The first kappa shape index (κ1) is 21.8. The van der Waals surface area contributed by atoms with Gasteiger partial charge in [-0.3, -0.25) is 9.59 Å². The van der Waals surface area contributed by atoms with Crippen molar-refractivity contribution in [2.75, 3.05) is 27.2 Å². The number of para-hydroxylation sites is 1. The van der Waals surface area contributed by atoms with Gasteiger partial charge in [0, 0.05) is 18.7 Å². The summed E-state index contributed by atoms with van der Waals surface area (Å²) in [5, 5.41) is 2.78. The Morgan fingerprint density at radius 2 is 1.90 bits per heavy atom. The Labute approximate surface area is 176 Å². The summed E-state index contributed by atoms with van der Waals surface area (Å²) in [6, 6.07) is 12.6. The summed E-state index contributed by atoms with van der Waals surface area (Å²) >= 11 is 0. The average molecular weight is 413 g/mol. The second kappa shape index (κ2) is 9.71. The lowest BCUT2D eigenvalue weighted by atomic mass is 10.1. The number of carbonyl (C=O) groups excluding carboxylic acids is 2. The first-order chi connectivity index (χ1) is 14.3. The van der Waals surface area contributed by atoms with Crippen molar-refractivity contribution >= 4 is 11.8 Å². The molecule has 0 spiro atoms. The smallest absolute Gasteiger partial charge is 0.245 e. The van der Waals surface area contributed by atoms with Crippen molar-refractivity contribution in [2.24, 2.45) is 0 Å². The van der Waals surface area contributed by atoms with Gasteiger partial charge in [0.15, 0.2) is 0 Å². The highest BCUT2D eigenvalue weighted by Gasteiger charge is 2.32. The Kier molecular flexibility index (Phi) is 7.05. The van der Waals surface area contributed by atoms with Gasteiger partial charge in [-0.2, -0.15) is 0 Å². The van der Waals surface area contributed by atoms with E-state index in [-0.39, 0.29) is 30.1 Å². The number of ether oxygens (including phenoxy) is 1. The van der Waals surface area contributed by atoms with E-state index in [4.69, 9.17) is 4.74 Å². The zero-order valence-electron chi connectivity index (χ0n) is 17.6. The number of hydrogen-bond acceptors (Lipinski definition) is 4. The van der Waals surface area contributed by atoms with Crippen molar-refractivity contribution in [1.29, 1.82) is 0 Å². The standard InChI is InChI=1S/C23H28FN3O3/c1-16(25-22(28)12-17-8-10-19(24)11-9-17)23(29)27-13-18-6-4-5-7-21(18)30-15-20(27)14-26(2)3/h4-11,16,20H,12-15H2,1-3H3,(H,25,28). The summed E-state index contributed by atoms with van der Waals surface area (Å²) in [5.74, 6) is -0.00412. The predicted molar refractivity (Wildman–Crippen MR) is 113 cm³/mol. The van der Waals surface area contributed by atoms with Crippen LogP contribution in [0.25, 0.3) is 0 Å². The van der Waals surface area contributed by atoms with Crippen LogP contribution in [0, 0.1) is 5.82 Å². The zero-order valence-corrected chi connectivity index (χ0v) is 17.6. The van der Waals surface area contributed by atoms with Gasteiger partial charge >= 0.3 is 0 Å². The molecule has 2 atom stereocenters. The maximum absolute atomic E-state index is 13.3. The van der Waals surface area contributed by atoms with Crippen LogP contribution in [0.1, 0.15) is 18.1 Å². The van der Waals surface area contributed by atoms with Gasteiger partial charge < -0.3 is 19.9 Å². The molecular formula is C23H28FN3O3. The van der Waals surface area contributed by atoms with Crippen LogP contribution in [-0.4, -0.2) is 60.9 Å². The number of hydrogen-bond donors (Lipinski definition) is 1. The lowest BCUT2D eigenvalue weighted by Crippen LogP contribution is -2.53. The molecule has 1 heterocycles. The molecule has 160 valence electrons. The Bertz CT molecular complexity index is 886. The summed E-state index contributed by atoms with van der Waals surface area (Å²) in [5.41, 5.74) is 1.63. The Morgan fingerprint density at radius 1 is 1.20 bits per heavy atom. The fourth-order valence-corrected chi connectivity index (χ4v) is 3.59. The van der Waals surface area contributed by atoms with Gasteiger partial charge in [-0.05, 0) is 44.8 Å². The number of halogens is 1. The molecule has 1 N–H and O–H groups in total. The fourth-order valence-electron chi connectivity index (χ4n) is 3.59. The predicted octanol–water partition coefficient (Wildman–Crippen LogP) is 2.22. The van der Waals surface area contributed by atoms with E-state index in [1.54, 1.807) is 24.0 Å². The van der Waals surface area contributed by atoms with Crippen molar-refractivity contribution in [3.63, 3.8) is 0 Å². The van der Waals surface area contributed by atoms with Crippen LogP contribution in [0.4, 0.5) is 4.39 Å². The molecule has 30 heavy (non-hydrogen) atoms. The molecule has 1 aliphatic heterocycles. The molecule has 0 aromatic heterocycles. The maximum atomic E-state index is 13.3. The van der Waals surface area contributed by atoms with Crippen LogP contribution in [0.2, 0.25) is 0 Å². The van der Waals surface area contributed by atoms with Gasteiger partial charge in [0.05, 0.1) is 12.5 Å². The van der Waals surface area contributed by atoms with Crippen molar-refractivity contribution < 1.29 is 18.7 Å². The monoisotopic (exact) mass is 413 g/mol. The lowest BCUT2D eigenvalue weighted by Gasteiger charge is -2.33. The molecule has 0 radical (unpaired) electrons. The van der Waals surface area contributed by atoms with E-state index in [1.165, 1.54) is 12.1 Å². The van der Waals surface area contributed by atoms with Crippen LogP contribution in [-0.2, 0) is 22.6 Å². The van der Waals surface area contributed by atoms with E-state index < -0.39 is 6.04 Å². The van der Waals surface area contributed by atoms with Gasteiger partial charge in [-0.15, -0.1) is 0 Å². The lowest BCUT2D eigenvalue weighted by molar-refractivity contribution is -0.139. The molecule has 0 saturated heterocycles. The summed E-state index contributed by atoms with van der Waals surface area (Å²) in [6.07, 6.45) is 0.0883. The van der Waals surface area contributed by atoms with E-state index in [9.17, 15) is 14.0 Å². The molecule has 0 saturated carbocycles. The van der Waals surface area contributed by atoms with Crippen LogP contribution in [0.5, 0.6) is 5.75 Å². The first-order valence-electron chi connectivity index (χ1n) is 10.0. The second-order valence-corrected chi connectivity index (χ2v) is 7.89. The number of nitrogens with one attached hydrogen (secondary N) is 1. The first-order valence-corrected chi connectivity index (χ1v) is 10.0. The number of likely N-dealkylation sites (N-methyl/N-ethyl adjacent to an activating group) is 1. The molecular weight excluding hydrogens is 385 g/mol. The van der Waals surface area contributed by atoms with E-state index in [0.29, 0.717) is 25.3 Å². The minimum absolute atomic E-state index is 0.0883. The topological polar surface area (TPSA) is 61.9 Å². The molecule has 2 aromatic rings. The van der Waals surface area contributed by atoms with E-state index in [2.05, 4.69) is 5.32 Å². The Hall–Kier alpha value is -2.93. The van der Waals surface area contributed by atoms with Gasteiger partial charge in [-0.25, -0.2) is 4.39 Å². The van der Waals surface area contributed by atoms with E-state index >= 15 is 0 Å². The van der Waals surface area contributed by atoms with E-state index in [0.717, 1.165) is 11.3 Å². The van der Waals surface area contributed by atoms with Crippen LogP contribution < -0.4 is 10.1 Å². The number of nitrogens with zero attached hydrogens (tertiary/aromatic N) is 2. The van der Waals surface area contributed by atoms with Gasteiger partial charge in [0.25, 0.3) is 0 Å². The zero-order chi connectivity index (χ0) is 21.7. The van der Waals surface area contributed by atoms with Crippen LogP contribution >= 0.6 is 0 Å². The molecule has 3 rings (SSSR count). The summed E-state index contributed by atoms with van der Waals surface area (Å²) in [4.78, 5) is 29.5. The molecule has 2 aromatic carbocycles. The van der Waals surface area contributed by atoms with Crippen molar-refractivity contribution in [1.82, 2.24) is 15.1 Å². The molecule has 0 fully saturated rings. The number of rotatable bonds is 6. The summed E-state index contributed by atoms with van der Waals surface area (Å²) in [6.45, 7) is 3.15. The summed E-state index contributed by atoms with van der Waals surface area (Å²) < 4.78 is 19.0.